The van der Waals surface area contributed by atoms with E-state index in [9.17, 15) is 10.1 Å². The lowest BCUT2D eigenvalue weighted by atomic mass is 10.1. The maximum atomic E-state index is 12.6. The molecule has 0 aromatic heterocycles. The summed E-state index contributed by atoms with van der Waals surface area (Å²) in [6, 6.07) is 12.3. The van der Waals surface area contributed by atoms with Gasteiger partial charge in [-0.3, -0.25) is 4.79 Å². The van der Waals surface area contributed by atoms with Crippen LogP contribution in [0.3, 0.4) is 0 Å². The lowest BCUT2D eigenvalue weighted by Gasteiger charge is -2.18. The fraction of sp³-hybridized carbons (Fsp3) is 0.273. The quantitative estimate of drug-likeness (QED) is 0.567. The van der Waals surface area contributed by atoms with E-state index in [1.807, 2.05) is 13.0 Å². The van der Waals surface area contributed by atoms with Crippen LogP contribution < -0.4 is 24.3 Å². The van der Waals surface area contributed by atoms with Crippen molar-refractivity contribution in [2.24, 2.45) is 0 Å². The Labute approximate surface area is 169 Å². The van der Waals surface area contributed by atoms with Crippen molar-refractivity contribution in [3.8, 4) is 29.1 Å². The molecule has 0 spiro atoms. The molecule has 3 rings (SSSR count). The van der Waals surface area contributed by atoms with E-state index in [0.717, 1.165) is 6.42 Å². The summed E-state index contributed by atoms with van der Waals surface area (Å²) in [5.74, 6) is 1.83. The fourth-order valence-corrected chi connectivity index (χ4v) is 2.74. The number of nitrogens with zero attached hydrogens (tertiary/aromatic N) is 1. The molecule has 0 saturated heterocycles. The zero-order valence-corrected chi connectivity index (χ0v) is 16.4. The van der Waals surface area contributed by atoms with E-state index >= 15 is 0 Å². The number of ether oxygens (including phenoxy) is 4. The summed E-state index contributed by atoms with van der Waals surface area (Å²) in [7, 11) is 1.56. The first-order chi connectivity index (χ1) is 14.1. The Morgan fingerprint density at radius 2 is 1.97 bits per heavy atom. The van der Waals surface area contributed by atoms with E-state index in [2.05, 4.69) is 5.32 Å². The zero-order chi connectivity index (χ0) is 20.6. The highest BCUT2D eigenvalue weighted by atomic mass is 16.6. The van der Waals surface area contributed by atoms with Gasteiger partial charge in [0.05, 0.1) is 13.7 Å². The topological polar surface area (TPSA) is 89.8 Å². The monoisotopic (exact) mass is 394 g/mol. The van der Waals surface area contributed by atoms with Gasteiger partial charge in [0.1, 0.15) is 24.9 Å². The molecule has 1 amide bonds. The minimum Gasteiger partial charge on any atom is -0.493 e. The largest absolute Gasteiger partial charge is 0.493 e. The van der Waals surface area contributed by atoms with Crippen LogP contribution >= 0.6 is 0 Å². The van der Waals surface area contributed by atoms with E-state index < -0.39 is 5.91 Å². The van der Waals surface area contributed by atoms with Crippen molar-refractivity contribution in [3.63, 3.8) is 0 Å². The Morgan fingerprint density at radius 1 is 1.17 bits per heavy atom. The van der Waals surface area contributed by atoms with Crippen molar-refractivity contribution in [2.75, 3.05) is 32.2 Å². The first-order valence-corrected chi connectivity index (χ1v) is 9.28. The van der Waals surface area contributed by atoms with Gasteiger partial charge in [-0.1, -0.05) is 13.0 Å². The standard InChI is InChI=1S/C22H22N2O5/c1-3-8-27-20-12-15(4-6-18(20)26-2)11-16(14-23)22(25)24-17-5-7-19-21(13-17)29-10-9-28-19/h4-7,11-13H,3,8-10H2,1-2H3,(H,24,25)/b16-11+. The summed E-state index contributed by atoms with van der Waals surface area (Å²) in [5, 5.41) is 12.2. The highest BCUT2D eigenvalue weighted by molar-refractivity contribution is 6.09. The number of nitriles is 1. The number of methoxy groups -OCH3 is 1. The van der Waals surface area contributed by atoms with Crippen molar-refractivity contribution in [3.05, 3.63) is 47.5 Å². The van der Waals surface area contributed by atoms with Gasteiger partial charge in [-0.2, -0.15) is 5.26 Å². The summed E-state index contributed by atoms with van der Waals surface area (Å²) < 4.78 is 21.9. The number of carbonyl (C=O) groups is 1. The van der Waals surface area contributed by atoms with E-state index in [1.165, 1.54) is 6.08 Å². The molecule has 0 atom stereocenters. The van der Waals surface area contributed by atoms with Gasteiger partial charge in [0.25, 0.3) is 5.91 Å². The predicted molar refractivity (Wildman–Crippen MR) is 108 cm³/mol. The minimum atomic E-state index is -0.518. The predicted octanol–water partition coefficient (Wildman–Crippen LogP) is 3.80. The SMILES string of the molecule is CCCOc1cc(/C=C(\C#N)C(=O)Nc2ccc3c(c2)OCCO3)ccc1OC. The van der Waals surface area contributed by atoms with Crippen LogP contribution in [0, 0.1) is 11.3 Å². The molecule has 7 heteroatoms. The molecule has 2 aromatic rings. The van der Waals surface area contributed by atoms with E-state index in [0.29, 0.717) is 54.1 Å². The van der Waals surface area contributed by atoms with E-state index in [4.69, 9.17) is 18.9 Å². The highest BCUT2D eigenvalue weighted by Gasteiger charge is 2.15. The summed E-state index contributed by atoms with van der Waals surface area (Å²) in [6.45, 7) is 3.49. The lowest BCUT2D eigenvalue weighted by Crippen LogP contribution is -2.17. The minimum absolute atomic E-state index is 0.0357. The number of rotatable bonds is 7. The molecular weight excluding hydrogens is 372 g/mol. The van der Waals surface area contributed by atoms with Gasteiger partial charge in [0.15, 0.2) is 23.0 Å². The van der Waals surface area contributed by atoms with Crippen LogP contribution in [0.15, 0.2) is 42.0 Å². The molecule has 0 radical (unpaired) electrons. The fourth-order valence-electron chi connectivity index (χ4n) is 2.74. The van der Waals surface area contributed by atoms with E-state index in [1.54, 1.807) is 43.5 Å². The number of fused-ring (bicyclic) bond motifs is 1. The summed E-state index contributed by atoms with van der Waals surface area (Å²) >= 11 is 0. The molecule has 150 valence electrons. The third-order valence-corrected chi connectivity index (χ3v) is 4.13. The van der Waals surface area contributed by atoms with Gasteiger partial charge in [-0.05, 0) is 42.3 Å². The molecule has 1 aliphatic heterocycles. The molecule has 1 heterocycles. The summed E-state index contributed by atoms with van der Waals surface area (Å²) in [4.78, 5) is 12.6. The molecular formula is C22H22N2O5. The van der Waals surface area contributed by atoms with Crippen molar-refractivity contribution in [2.45, 2.75) is 13.3 Å². The Kier molecular flexibility index (Phi) is 6.59. The van der Waals surface area contributed by atoms with Gasteiger partial charge in [-0.15, -0.1) is 0 Å². The second-order valence-electron chi connectivity index (χ2n) is 6.24. The first-order valence-electron chi connectivity index (χ1n) is 9.28. The van der Waals surface area contributed by atoms with Gasteiger partial charge >= 0.3 is 0 Å². The summed E-state index contributed by atoms with van der Waals surface area (Å²) in [6.07, 6.45) is 2.36. The second-order valence-corrected chi connectivity index (χ2v) is 6.24. The normalized spacial score (nSPS) is 12.7. The number of benzene rings is 2. The molecule has 1 aliphatic rings. The third-order valence-electron chi connectivity index (χ3n) is 4.13. The molecule has 0 bridgehead atoms. The van der Waals surface area contributed by atoms with Crippen LogP contribution in [0.4, 0.5) is 5.69 Å². The van der Waals surface area contributed by atoms with Gasteiger partial charge in [0.2, 0.25) is 0 Å². The van der Waals surface area contributed by atoms with Gasteiger partial charge < -0.3 is 24.3 Å². The highest BCUT2D eigenvalue weighted by Crippen LogP contribution is 2.33. The number of nitrogens with one attached hydrogen (secondary N) is 1. The number of hydrogen-bond acceptors (Lipinski definition) is 6. The van der Waals surface area contributed by atoms with Crippen LogP contribution in [0.2, 0.25) is 0 Å². The molecule has 0 unspecified atom stereocenters. The van der Waals surface area contributed by atoms with Gasteiger partial charge in [-0.25, -0.2) is 0 Å². The number of amides is 1. The lowest BCUT2D eigenvalue weighted by molar-refractivity contribution is -0.112. The number of hydrogen-bond donors (Lipinski definition) is 1. The maximum absolute atomic E-state index is 12.6. The third kappa shape index (κ3) is 4.99. The molecule has 0 saturated carbocycles. The van der Waals surface area contributed by atoms with Crippen molar-refractivity contribution < 1.29 is 23.7 Å². The van der Waals surface area contributed by atoms with Crippen molar-refractivity contribution >= 4 is 17.7 Å². The average molecular weight is 394 g/mol. The molecule has 29 heavy (non-hydrogen) atoms. The van der Waals surface area contributed by atoms with E-state index in [-0.39, 0.29) is 5.57 Å². The first kappa shape index (κ1) is 20.1. The van der Waals surface area contributed by atoms with Crippen molar-refractivity contribution in [1.82, 2.24) is 0 Å². The van der Waals surface area contributed by atoms with Gasteiger partial charge in [0, 0.05) is 11.8 Å². The molecule has 7 nitrogen and oxygen atoms in total. The molecule has 0 fully saturated rings. The maximum Gasteiger partial charge on any atom is 0.266 e. The Balaban J connectivity index is 1.79. The van der Waals surface area contributed by atoms with Crippen molar-refractivity contribution in [1.29, 1.82) is 5.26 Å². The van der Waals surface area contributed by atoms with Crippen LogP contribution in [-0.4, -0.2) is 32.8 Å². The summed E-state index contributed by atoms with van der Waals surface area (Å²) in [5.41, 5.74) is 1.14. The Bertz CT molecular complexity index is 962. The molecule has 0 aliphatic carbocycles. The Hall–Kier alpha value is -3.66. The van der Waals surface area contributed by atoms with Crippen LogP contribution in [0.1, 0.15) is 18.9 Å². The smallest absolute Gasteiger partial charge is 0.266 e. The number of carbonyl (C=O) groups excluding carboxylic acids is 1. The second kappa shape index (κ2) is 9.51. The number of anilines is 1. The zero-order valence-electron chi connectivity index (χ0n) is 16.4. The van der Waals surface area contributed by atoms with Crippen LogP contribution in [0.25, 0.3) is 6.08 Å². The van der Waals surface area contributed by atoms with Crippen LogP contribution in [0.5, 0.6) is 23.0 Å². The van der Waals surface area contributed by atoms with Crippen LogP contribution in [-0.2, 0) is 4.79 Å². The average Bonchev–Trinajstić information content (AvgIpc) is 2.75. The molecule has 2 aromatic carbocycles. The Morgan fingerprint density at radius 3 is 2.69 bits per heavy atom. The molecule has 1 N–H and O–H groups in total.